The molecule has 1 rings (SSSR count). The van der Waals surface area contributed by atoms with E-state index in [4.69, 9.17) is 0 Å². The quantitative estimate of drug-likeness (QED) is 0.498. The molecule has 1 aliphatic carbocycles. The Bertz CT molecular complexity index is 377. The van der Waals surface area contributed by atoms with Crippen molar-refractivity contribution in [1.29, 1.82) is 0 Å². The summed E-state index contributed by atoms with van der Waals surface area (Å²) < 4.78 is 0. The van der Waals surface area contributed by atoms with Crippen molar-refractivity contribution < 1.29 is 0 Å². The first kappa shape index (κ1) is 14.8. The second-order valence-corrected chi connectivity index (χ2v) is 5.10. The van der Waals surface area contributed by atoms with Crippen LogP contribution in [-0.4, -0.2) is 0 Å². The SMILES string of the molecule is C=C/C=C\C(=C)C1=CC=C(C(C)CCCC)CC1. The molecule has 0 aliphatic heterocycles. The molecule has 0 N–H and O–H groups in total. The molecule has 0 aromatic heterocycles. The monoisotopic (exact) mass is 242 g/mol. The van der Waals surface area contributed by atoms with Crippen molar-refractivity contribution in [2.45, 2.75) is 46.0 Å². The Labute approximate surface area is 112 Å². The van der Waals surface area contributed by atoms with Gasteiger partial charge in [-0.1, -0.05) is 75.8 Å². The molecule has 1 atom stereocenters. The fraction of sp³-hybridized carbons (Fsp3) is 0.444. The molecule has 0 amide bonds. The standard InChI is InChI=1S/C18H26/c1-5-7-9-15(3)17-11-13-18(14-12-17)16(4)10-8-6-2/h5,7,9,11,13,16H,1,3,6,8,10,12,14H2,2,4H3/b9-7-. The molecular formula is C18H26. The topological polar surface area (TPSA) is 0 Å². The van der Waals surface area contributed by atoms with E-state index < -0.39 is 0 Å². The van der Waals surface area contributed by atoms with Crippen molar-refractivity contribution in [3.8, 4) is 0 Å². The molecule has 0 saturated heterocycles. The first-order valence-corrected chi connectivity index (χ1v) is 7.07. The van der Waals surface area contributed by atoms with Gasteiger partial charge in [-0.25, -0.2) is 0 Å². The zero-order chi connectivity index (χ0) is 13.4. The predicted molar refractivity (Wildman–Crippen MR) is 82.6 cm³/mol. The zero-order valence-corrected chi connectivity index (χ0v) is 11.9. The van der Waals surface area contributed by atoms with Gasteiger partial charge in [0.05, 0.1) is 0 Å². The molecular weight excluding hydrogens is 216 g/mol. The van der Waals surface area contributed by atoms with Gasteiger partial charge in [-0.3, -0.25) is 0 Å². The minimum atomic E-state index is 0.736. The van der Waals surface area contributed by atoms with Crippen LogP contribution in [0.5, 0.6) is 0 Å². The summed E-state index contributed by atoms with van der Waals surface area (Å²) in [6, 6.07) is 0. The highest BCUT2D eigenvalue weighted by molar-refractivity contribution is 5.43. The number of allylic oxidation sites excluding steroid dienone is 8. The van der Waals surface area contributed by atoms with E-state index in [0.717, 1.165) is 17.9 Å². The van der Waals surface area contributed by atoms with E-state index in [1.807, 2.05) is 12.2 Å². The summed E-state index contributed by atoms with van der Waals surface area (Å²) in [7, 11) is 0. The summed E-state index contributed by atoms with van der Waals surface area (Å²) >= 11 is 0. The van der Waals surface area contributed by atoms with Gasteiger partial charge in [0.2, 0.25) is 0 Å². The molecule has 1 unspecified atom stereocenters. The second-order valence-electron chi connectivity index (χ2n) is 5.10. The molecule has 0 heterocycles. The molecule has 18 heavy (non-hydrogen) atoms. The minimum absolute atomic E-state index is 0.736. The molecule has 0 spiro atoms. The van der Waals surface area contributed by atoms with Crippen LogP contribution in [0.1, 0.15) is 46.0 Å². The lowest BCUT2D eigenvalue weighted by atomic mass is 9.85. The molecule has 0 heteroatoms. The number of hydrogen-bond donors (Lipinski definition) is 0. The van der Waals surface area contributed by atoms with Crippen molar-refractivity contribution >= 4 is 0 Å². The van der Waals surface area contributed by atoms with Crippen molar-refractivity contribution in [2.24, 2.45) is 5.92 Å². The third-order valence-electron chi connectivity index (χ3n) is 3.65. The molecule has 98 valence electrons. The number of unbranched alkanes of at least 4 members (excludes halogenated alkanes) is 1. The van der Waals surface area contributed by atoms with Crippen LogP contribution in [0.2, 0.25) is 0 Å². The normalized spacial score (nSPS) is 17.2. The van der Waals surface area contributed by atoms with Crippen LogP contribution in [0.4, 0.5) is 0 Å². The highest BCUT2D eigenvalue weighted by Gasteiger charge is 2.12. The maximum Gasteiger partial charge on any atom is -0.0228 e. The Balaban J connectivity index is 2.61. The third-order valence-corrected chi connectivity index (χ3v) is 3.65. The van der Waals surface area contributed by atoms with Crippen molar-refractivity contribution in [1.82, 2.24) is 0 Å². The molecule has 0 nitrogen and oxygen atoms in total. The zero-order valence-electron chi connectivity index (χ0n) is 11.9. The maximum atomic E-state index is 4.10. The van der Waals surface area contributed by atoms with Crippen molar-refractivity contribution in [3.63, 3.8) is 0 Å². The number of rotatable bonds is 7. The van der Waals surface area contributed by atoms with Crippen LogP contribution in [-0.2, 0) is 0 Å². The highest BCUT2D eigenvalue weighted by Crippen LogP contribution is 2.30. The van der Waals surface area contributed by atoms with Crippen molar-refractivity contribution in [2.75, 3.05) is 0 Å². The minimum Gasteiger partial charge on any atom is -0.0991 e. The Morgan fingerprint density at radius 2 is 2.17 bits per heavy atom. The molecule has 0 aromatic carbocycles. The fourth-order valence-electron chi connectivity index (χ4n) is 2.32. The fourth-order valence-corrected chi connectivity index (χ4v) is 2.32. The molecule has 0 fully saturated rings. The average Bonchev–Trinajstić information content (AvgIpc) is 2.42. The Morgan fingerprint density at radius 3 is 2.72 bits per heavy atom. The van der Waals surface area contributed by atoms with Gasteiger partial charge in [0.15, 0.2) is 0 Å². The third kappa shape index (κ3) is 4.52. The lowest BCUT2D eigenvalue weighted by Crippen LogP contribution is -2.04. The van der Waals surface area contributed by atoms with Crippen LogP contribution in [0.15, 0.2) is 60.3 Å². The smallest absolute Gasteiger partial charge is 0.0228 e. The summed E-state index contributed by atoms with van der Waals surface area (Å²) in [6.07, 6.45) is 16.6. The highest BCUT2D eigenvalue weighted by atomic mass is 14.2. The van der Waals surface area contributed by atoms with E-state index in [9.17, 15) is 0 Å². The van der Waals surface area contributed by atoms with Crippen LogP contribution in [0.3, 0.4) is 0 Å². The first-order valence-electron chi connectivity index (χ1n) is 7.07. The van der Waals surface area contributed by atoms with Gasteiger partial charge in [-0.2, -0.15) is 0 Å². The molecule has 0 saturated carbocycles. The average molecular weight is 242 g/mol. The van der Waals surface area contributed by atoms with Gasteiger partial charge in [-0.15, -0.1) is 0 Å². The van der Waals surface area contributed by atoms with Crippen LogP contribution >= 0.6 is 0 Å². The second kappa shape index (κ2) is 7.92. The summed E-state index contributed by atoms with van der Waals surface area (Å²) in [5.74, 6) is 0.736. The van der Waals surface area contributed by atoms with Gasteiger partial charge in [0.1, 0.15) is 0 Å². The summed E-state index contributed by atoms with van der Waals surface area (Å²) in [5.41, 5.74) is 4.08. The van der Waals surface area contributed by atoms with E-state index in [2.05, 4.69) is 39.2 Å². The van der Waals surface area contributed by atoms with E-state index >= 15 is 0 Å². The lowest BCUT2D eigenvalue weighted by Gasteiger charge is -2.20. The van der Waals surface area contributed by atoms with Gasteiger partial charge < -0.3 is 0 Å². The predicted octanol–water partition coefficient (Wildman–Crippen LogP) is 5.76. The van der Waals surface area contributed by atoms with E-state index in [-0.39, 0.29) is 0 Å². The van der Waals surface area contributed by atoms with Crippen LogP contribution < -0.4 is 0 Å². The molecule has 0 radical (unpaired) electrons. The first-order chi connectivity index (χ1) is 8.69. The van der Waals surface area contributed by atoms with Crippen LogP contribution in [0, 0.1) is 5.92 Å². The maximum absolute atomic E-state index is 4.10. The van der Waals surface area contributed by atoms with Gasteiger partial charge in [0.25, 0.3) is 0 Å². The van der Waals surface area contributed by atoms with E-state index in [1.54, 1.807) is 11.6 Å². The summed E-state index contributed by atoms with van der Waals surface area (Å²) in [4.78, 5) is 0. The largest absolute Gasteiger partial charge is 0.0991 e. The number of hydrogen-bond acceptors (Lipinski definition) is 0. The summed E-state index contributed by atoms with van der Waals surface area (Å²) in [5, 5.41) is 0. The van der Waals surface area contributed by atoms with Gasteiger partial charge >= 0.3 is 0 Å². The van der Waals surface area contributed by atoms with E-state index in [0.29, 0.717) is 0 Å². The Morgan fingerprint density at radius 1 is 1.39 bits per heavy atom. The summed E-state index contributed by atoms with van der Waals surface area (Å²) in [6.45, 7) is 12.4. The van der Waals surface area contributed by atoms with E-state index in [1.165, 1.54) is 31.3 Å². The molecule has 0 bridgehead atoms. The Hall–Kier alpha value is -1.30. The lowest BCUT2D eigenvalue weighted by molar-refractivity contribution is 0.551. The molecule has 0 aromatic rings. The molecule has 1 aliphatic rings. The van der Waals surface area contributed by atoms with Crippen LogP contribution in [0.25, 0.3) is 0 Å². The van der Waals surface area contributed by atoms with Gasteiger partial charge in [0, 0.05) is 0 Å². The van der Waals surface area contributed by atoms with Gasteiger partial charge in [-0.05, 0) is 36.3 Å². The van der Waals surface area contributed by atoms with Crippen molar-refractivity contribution in [3.05, 3.63) is 60.3 Å². The Kier molecular flexibility index (Phi) is 6.49.